The molecule has 0 heterocycles. The lowest BCUT2D eigenvalue weighted by atomic mass is 10.2. The van der Waals surface area contributed by atoms with Crippen LogP contribution < -0.4 is 16.0 Å². The van der Waals surface area contributed by atoms with Gasteiger partial charge in [0.05, 0.1) is 0 Å². The number of nitriles is 1. The number of rotatable bonds is 6. The number of anilines is 2. The fourth-order valence-corrected chi connectivity index (χ4v) is 2.31. The summed E-state index contributed by atoms with van der Waals surface area (Å²) in [6.45, 7) is 1.63. The van der Waals surface area contributed by atoms with Crippen molar-refractivity contribution in [1.82, 2.24) is 5.32 Å². The van der Waals surface area contributed by atoms with Crippen molar-refractivity contribution < 1.29 is 9.59 Å². The third-order valence-corrected chi connectivity index (χ3v) is 3.70. The van der Waals surface area contributed by atoms with Crippen LogP contribution in [-0.4, -0.2) is 11.8 Å². The SMILES string of the molecule is CC(=O)Nc1cccc(N/C=C(/C#N)C(=O)NCc2ccccc2Cl)c1. The lowest BCUT2D eigenvalue weighted by Gasteiger charge is -2.08. The third-order valence-electron chi connectivity index (χ3n) is 3.33. The molecule has 0 bridgehead atoms. The highest BCUT2D eigenvalue weighted by Gasteiger charge is 2.09. The molecule has 0 aliphatic carbocycles. The number of hydrogen-bond donors (Lipinski definition) is 3. The van der Waals surface area contributed by atoms with Crippen LogP contribution in [0.15, 0.2) is 60.3 Å². The second-order valence-corrected chi connectivity index (χ2v) is 5.76. The van der Waals surface area contributed by atoms with E-state index in [1.807, 2.05) is 12.1 Å². The number of benzene rings is 2. The lowest BCUT2D eigenvalue weighted by molar-refractivity contribution is -0.117. The number of nitrogens with zero attached hydrogens (tertiary/aromatic N) is 1. The van der Waals surface area contributed by atoms with E-state index in [0.29, 0.717) is 16.4 Å². The van der Waals surface area contributed by atoms with Gasteiger partial charge in [0.1, 0.15) is 11.6 Å². The van der Waals surface area contributed by atoms with E-state index < -0.39 is 5.91 Å². The molecule has 0 radical (unpaired) electrons. The molecule has 2 amide bonds. The van der Waals surface area contributed by atoms with Crippen LogP contribution in [0, 0.1) is 11.3 Å². The van der Waals surface area contributed by atoms with Gasteiger partial charge in [-0.15, -0.1) is 0 Å². The predicted octanol–water partition coefficient (Wildman–Crippen LogP) is 3.43. The highest BCUT2D eigenvalue weighted by molar-refractivity contribution is 6.31. The van der Waals surface area contributed by atoms with E-state index in [-0.39, 0.29) is 18.0 Å². The Morgan fingerprint density at radius 3 is 2.58 bits per heavy atom. The first-order valence-electron chi connectivity index (χ1n) is 7.75. The first-order chi connectivity index (χ1) is 12.5. The predicted molar refractivity (Wildman–Crippen MR) is 101 cm³/mol. The molecule has 0 saturated carbocycles. The fourth-order valence-electron chi connectivity index (χ4n) is 2.11. The molecule has 0 atom stereocenters. The van der Waals surface area contributed by atoms with Crippen molar-refractivity contribution in [2.45, 2.75) is 13.5 Å². The largest absolute Gasteiger partial charge is 0.360 e. The summed E-state index contributed by atoms with van der Waals surface area (Å²) in [4.78, 5) is 23.2. The molecule has 26 heavy (non-hydrogen) atoms. The maximum atomic E-state index is 12.2. The van der Waals surface area contributed by atoms with E-state index in [9.17, 15) is 14.9 Å². The molecule has 7 heteroatoms. The van der Waals surface area contributed by atoms with Crippen LogP contribution in [0.1, 0.15) is 12.5 Å². The van der Waals surface area contributed by atoms with Gasteiger partial charge in [0.25, 0.3) is 5.91 Å². The minimum Gasteiger partial charge on any atom is -0.360 e. The quantitative estimate of drug-likeness (QED) is 0.537. The summed E-state index contributed by atoms with van der Waals surface area (Å²) in [7, 11) is 0. The summed E-state index contributed by atoms with van der Waals surface area (Å²) in [5.41, 5.74) is 1.92. The summed E-state index contributed by atoms with van der Waals surface area (Å²) < 4.78 is 0. The fraction of sp³-hybridized carbons (Fsp3) is 0.105. The first kappa shape index (κ1) is 19.0. The van der Waals surface area contributed by atoms with Gasteiger partial charge in [0, 0.05) is 36.1 Å². The minimum absolute atomic E-state index is 0.0815. The van der Waals surface area contributed by atoms with Crippen LogP contribution in [0.5, 0.6) is 0 Å². The highest BCUT2D eigenvalue weighted by Crippen LogP contribution is 2.16. The van der Waals surface area contributed by atoms with Gasteiger partial charge in [-0.05, 0) is 29.8 Å². The Morgan fingerprint density at radius 2 is 1.88 bits per heavy atom. The zero-order chi connectivity index (χ0) is 18.9. The summed E-state index contributed by atoms with van der Waals surface area (Å²) in [5.74, 6) is -0.702. The average Bonchev–Trinajstić information content (AvgIpc) is 2.61. The maximum absolute atomic E-state index is 12.2. The van der Waals surface area contributed by atoms with Crippen molar-refractivity contribution in [1.29, 1.82) is 5.26 Å². The van der Waals surface area contributed by atoms with Crippen molar-refractivity contribution in [2.24, 2.45) is 0 Å². The topological polar surface area (TPSA) is 94.0 Å². The molecule has 3 N–H and O–H groups in total. The van der Waals surface area contributed by atoms with E-state index >= 15 is 0 Å². The van der Waals surface area contributed by atoms with Gasteiger partial charge in [-0.2, -0.15) is 5.26 Å². The van der Waals surface area contributed by atoms with Crippen molar-refractivity contribution >= 4 is 34.8 Å². The Balaban J connectivity index is 2.01. The van der Waals surface area contributed by atoms with E-state index in [1.165, 1.54) is 13.1 Å². The number of hydrogen-bond acceptors (Lipinski definition) is 4. The molecular weight excluding hydrogens is 352 g/mol. The number of halogens is 1. The van der Waals surface area contributed by atoms with E-state index in [4.69, 9.17) is 11.6 Å². The Hall–Kier alpha value is -3.30. The summed E-state index contributed by atoms with van der Waals surface area (Å²) in [5, 5.41) is 17.9. The molecule has 0 aliphatic rings. The Morgan fingerprint density at radius 1 is 1.15 bits per heavy atom. The molecule has 2 aromatic carbocycles. The normalized spacial score (nSPS) is 10.6. The van der Waals surface area contributed by atoms with Crippen molar-refractivity contribution in [3.05, 3.63) is 70.9 Å². The monoisotopic (exact) mass is 368 g/mol. The van der Waals surface area contributed by atoms with Gasteiger partial charge in [0.15, 0.2) is 0 Å². The minimum atomic E-state index is -0.516. The van der Waals surface area contributed by atoms with Crippen LogP contribution in [0.4, 0.5) is 11.4 Å². The molecule has 0 aromatic heterocycles. The van der Waals surface area contributed by atoms with Gasteiger partial charge in [-0.3, -0.25) is 9.59 Å². The second kappa shape index (κ2) is 9.25. The number of carbonyl (C=O) groups is 2. The van der Waals surface area contributed by atoms with Gasteiger partial charge in [-0.25, -0.2) is 0 Å². The van der Waals surface area contributed by atoms with Crippen LogP contribution in [0.2, 0.25) is 5.02 Å². The van der Waals surface area contributed by atoms with Crippen LogP contribution in [-0.2, 0) is 16.1 Å². The molecule has 0 spiro atoms. The lowest BCUT2D eigenvalue weighted by Crippen LogP contribution is -2.24. The standard InChI is InChI=1S/C19H17ClN4O2/c1-13(25)24-17-7-4-6-16(9-17)22-12-15(10-21)19(26)23-11-14-5-2-3-8-18(14)20/h2-9,12,22H,11H2,1H3,(H,23,26)(H,24,25)/b15-12-. The van der Waals surface area contributed by atoms with Gasteiger partial charge < -0.3 is 16.0 Å². The first-order valence-corrected chi connectivity index (χ1v) is 8.13. The number of nitrogens with one attached hydrogen (secondary N) is 3. The zero-order valence-electron chi connectivity index (χ0n) is 14.0. The molecule has 0 fully saturated rings. The molecule has 6 nitrogen and oxygen atoms in total. The van der Waals surface area contributed by atoms with Gasteiger partial charge in [0.2, 0.25) is 5.91 Å². The summed E-state index contributed by atoms with van der Waals surface area (Å²) in [6.07, 6.45) is 1.31. The Bertz CT molecular complexity index is 887. The molecule has 132 valence electrons. The van der Waals surface area contributed by atoms with Crippen LogP contribution in [0.25, 0.3) is 0 Å². The van der Waals surface area contributed by atoms with E-state index in [0.717, 1.165) is 5.56 Å². The molecule has 0 unspecified atom stereocenters. The van der Waals surface area contributed by atoms with Gasteiger partial charge in [-0.1, -0.05) is 35.9 Å². The summed E-state index contributed by atoms with van der Waals surface area (Å²) >= 11 is 6.04. The van der Waals surface area contributed by atoms with Crippen LogP contribution >= 0.6 is 11.6 Å². The molecule has 2 aromatic rings. The smallest absolute Gasteiger partial charge is 0.263 e. The summed E-state index contributed by atoms with van der Waals surface area (Å²) in [6, 6.07) is 15.9. The number of amides is 2. The van der Waals surface area contributed by atoms with Gasteiger partial charge >= 0.3 is 0 Å². The Kier molecular flexibility index (Phi) is 6.77. The van der Waals surface area contributed by atoms with Crippen molar-refractivity contribution in [2.75, 3.05) is 10.6 Å². The van der Waals surface area contributed by atoms with E-state index in [2.05, 4.69) is 16.0 Å². The molecule has 0 saturated heterocycles. The molecular formula is C19H17ClN4O2. The van der Waals surface area contributed by atoms with E-state index in [1.54, 1.807) is 42.5 Å². The molecule has 2 rings (SSSR count). The molecule has 0 aliphatic heterocycles. The number of carbonyl (C=O) groups excluding carboxylic acids is 2. The second-order valence-electron chi connectivity index (χ2n) is 5.35. The van der Waals surface area contributed by atoms with Crippen LogP contribution in [0.3, 0.4) is 0 Å². The highest BCUT2D eigenvalue weighted by atomic mass is 35.5. The van der Waals surface area contributed by atoms with Crippen molar-refractivity contribution in [3.63, 3.8) is 0 Å². The maximum Gasteiger partial charge on any atom is 0.263 e. The Labute approximate surface area is 156 Å². The average molecular weight is 369 g/mol. The van der Waals surface area contributed by atoms with Crippen molar-refractivity contribution in [3.8, 4) is 6.07 Å². The zero-order valence-corrected chi connectivity index (χ0v) is 14.8. The third kappa shape index (κ3) is 5.65.